The zero-order chi connectivity index (χ0) is 20.4. The van der Waals surface area contributed by atoms with E-state index in [1.54, 1.807) is 20.1 Å². The maximum absolute atomic E-state index is 12.6. The molecule has 9 heteroatoms. The molecule has 1 amide bonds. The number of carbonyl (C=O) groups is 2. The molecule has 2 heterocycles. The third kappa shape index (κ3) is 3.73. The number of anilines is 1. The highest BCUT2D eigenvalue weighted by Crippen LogP contribution is 2.39. The van der Waals surface area contributed by atoms with Crippen molar-refractivity contribution in [3.63, 3.8) is 0 Å². The predicted octanol–water partition coefficient (Wildman–Crippen LogP) is 3.39. The van der Waals surface area contributed by atoms with Gasteiger partial charge in [0.05, 0.1) is 25.1 Å². The molecule has 8 nitrogen and oxygen atoms in total. The van der Waals surface area contributed by atoms with Gasteiger partial charge in [-0.25, -0.2) is 4.98 Å². The molecule has 1 atom stereocenters. The Balaban J connectivity index is 1.49. The fraction of sp³-hybridized carbons (Fsp3) is 0.300. The molecule has 1 unspecified atom stereocenters. The SMILES string of the molecule is CCOC(=O)C1CCc2sc(NC(=O)c3cc(-c4ccccc4OC)n[nH]3)nc21. The van der Waals surface area contributed by atoms with Crippen LogP contribution < -0.4 is 10.1 Å². The van der Waals surface area contributed by atoms with Gasteiger partial charge in [-0.3, -0.25) is 20.0 Å². The number of nitrogens with zero attached hydrogens (tertiary/aromatic N) is 2. The molecule has 0 fully saturated rings. The number of benzene rings is 1. The van der Waals surface area contributed by atoms with E-state index < -0.39 is 0 Å². The number of aromatic nitrogens is 3. The second-order valence-electron chi connectivity index (χ2n) is 6.49. The number of methoxy groups -OCH3 is 1. The molecule has 2 N–H and O–H groups in total. The highest BCUT2D eigenvalue weighted by Gasteiger charge is 2.34. The van der Waals surface area contributed by atoms with Crippen molar-refractivity contribution in [2.45, 2.75) is 25.7 Å². The first kappa shape index (κ1) is 19.1. The molecule has 0 radical (unpaired) electrons. The molecule has 0 spiro atoms. The van der Waals surface area contributed by atoms with Crippen LogP contribution in [0.25, 0.3) is 11.3 Å². The Kier molecular flexibility index (Phi) is 5.30. The number of thiazole rings is 1. The molecular weight excluding hydrogens is 392 g/mol. The number of hydrogen-bond donors (Lipinski definition) is 2. The van der Waals surface area contributed by atoms with Crippen LogP contribution in [-0.2, 0) is 16.0 Å². The first-order valence-electron chi connectivity index (χ1n) is 9.27. The van der Waals surface area contributed by atoms with Crippen LogP contribution in [0.1, 0.15) is 40.3 Å². The minimum absolute atomic E-state index is 0.260. The van der Waals surface area contributed by atoms with Crippen molar-refractivity contribution in [1.29, 1.82) is 0 Å². The van der Waals surface area contributed by atoms with Gasteiger partial charge in [0, 0.05) is 10.4 Å². The molecule has 0 aliphatic heterocycles. The fourth-order valence-corrected chi connectivity index (χ4v) is 4.38. The Bertz CT molecular complexity index is 1060. The van der Waals surface area contributed by atoms with Gasteiger partial charge in [-0.2, -0.15) is 5.10 Å². The molecule has 2 aromatic heterocycles. The van der Waals surface area contributed by atoms with Gasteiger partial charge in [0.15, 0.2) is 5.13 Å². The third-order valence-electron chi connectivity index (χ3n) is 4.71. The number of hydrogen-bond acceptors (Lipinski definition) is 7. The van der Waals surface area contributed by atoms with Crippen LogP contribution in [0.4, 0.5) is 5.13 Å². The van der Waals surface area contributed by atoms with E-state index in [9.17, 15) is 9.59 Å². The predicted molar refractivity (Wildman–Crippen MR) is 108 cm³/mol. The zero-order valence-corrected chi connectivity index (χ0v) is 16.8. The number of esters is 1. The average molecular weight is 412 g/mol. The van der Waals surface area contributed by atoms with E-state index in [0.29, 0.717) is 41.0 Å². The molecule has 1 aromatic carbocycles. The Labute approximate surface area is 171 Å². The molecule has 0 bridgehead atoms. The normalized spacial score (nSPS) is 15.0. The number of fused-ring (bicyclic) bond motifs is 1. The second-order valence-corrected chi connectivity index (χ2v) is 7.58. The van der Waals surface area contributed by atoms with Crippen LogP contribution in [0, 0.1) is 0 Å². The first-order valence-corrected chi connectivity index (χ1v) is 10.1. The topological polar surface area (TPSA) is 106 Å². The van der Waals surface area contributed by atoms with Gasteiger partial charge >= 0.3 is 5.97 Å². The number of aromatic amines is 1. The summed E-state index contributed by atoms with van der Waals surface area (Å²) in [7, 11) is 1.59. The summed E-state index contributed by atoms with van der Waals surface area (Å²) >= 11 is 1.39. The van der Waals surface area contributed by atoms with Gasteiger partial charge in [0.1, 0.15) is 17.4 Å². The van der Waals surface area contributed by atoms with E-state index in [0.717, 1.165) is 16.9 Å². The molecule has 1 aliphatic carbocycles. The van der Waals surface area contributed by atoms with Crippen molar-refractivity contribution in [2.24, 2.45) is 0 Å². The summed E-state index contributed by atoms with van der Waals surface area (Å²) in [6, 6.07) is 9.12. The molecule has 1 aliphatic rings. The van der Waals surface area contributed by atoms with E-state index in [-0.39, 0.29) is 17.8 Å². The molecular formula is C20H20N4O4S. The lowest BCUT2D eigenvalue weighted by atomic mass is 10.1. The Morgan fingerprint density at radius 3 is 2.97 bits per heavy atom. The van der Waals surface area contributed by atoms with Crippen molar-refractivity contribution < 1.29 is 19.1 Å². The number of amides is 1. The summed E-state index contributed by atoms with van der Waals surface area (Å²) in [4.78, 5) is 30.2. The first-order chi connectivity index (χ1) is 14.1. The van der Waals surface area contributed by atoms with Gasteiger partial charge in [-0.05, 0) is 38.0 Å². The van der Waals surface area contributed by atoms with Gasteiger partial charge < -0.3 is 9.47 Å². The van der Waals surface area contributed by atoms with Crippen LogP contribution in [0.3, 0.4) is 0 Å². The van der Waals surface area contributed by atoms with Crippen molar-refractivity contribution >= 4 is 28.3 Å². The summed E-state index contributed by atoms with van der Waals surface area (Å²) in [5, 5.41) is 10.2. The largest absolute Gasteiger partial charge is 0.496 e. The maximum atomic E-state index is 12.6. The fourth-order valence-electron chi connectivity index (χ4n) is 3.35. The third-order valence-corrected chi connectivity index (χ3v) is 5.76. The summed E-state index contributed by atoms with van der Waals surface area (Å²) < 4.78 is 10.5. The molecule has 29 heavy (non-hydrogen) atoms. The van der Waals surface area contributed by atoms with E-state index in [4.69, 9.17) is 9.47 Å². The number of nitrogens with one attached hydrogen (secondary N) is 2. The lowest BCUT2D eigenvalue weighted by molar-refractivity contribution is -0.145. The summed E-state index contributed by atoms with van der Waals surface area (Å²) in [6.45, 7) is 2.12. The monoisotopic (exact) mass is 412 g/mol. The van der Waals surface area contributed by atoms with Gasteiger partial charge in [-0.1, -0.05) is 12.1 Å². The lowest BCUT2D eigenvalue weighted by Gasteiger charge is -2.07. The Hall–Kier alpha value is -3.20. The minimum atomic E-state index is -0.351. The number of para-hydroxylation sites is 1. The summed E-state index contributed by atoms with van der Waals surface area (Å²) in [5.74, 6) is -0.285. The lowest BCUT2D eigenvalue weighted by Crippen LogP contribution is -2.15. The minimum Gasteiger partial charge on any atom is -0.496 e. The number of carbonyl (C=O) groups excluding carboxylic acids is 2. The number of aryl methyl sites for hydroxylation is 1. The molecule has 0 saturated heterocycles. The van der Waals surface area contributed by atoms with Crippen LogP contribution in [0.2, 0.25) is 0 Å². The smallest absolute Gasteiger partial charge is 0.315 e. The van der Waals surface area contributed by atoms with Crippen LogP contribution in [-0.4, -0.2) is 40.8 Å². The van der Waals surface area contributed by atoms with Gasteiger partial charge in [0.2, 0.25) is 0 Å². The molecule has 4 rings (SSSR count). The quantitative estimate of drug-likeness (QED) is 0.601. The second kappa shape index (κ2) is 8.04. The number of rotatable bonds is 6. The van der Waals surface area contributed by atoms with Crippen molar-refractivity contribution in [3.8, 4) is 17.0 Å². The summed E-state index contributed by atoms with van der Waals surface area (Å²) in [5.41, 5.74) is 2.42. The highest BCUT2D eigenvalue weighted by molar-refractivity contribution is 7.16. The van der Waals surface area contributed by atoms with E-state index in [1.165, 1.54) is 11.3 Å². The highest BCUT2D eigenvalue weighted by atomic mass is 32.1. The van der Waals surface area contributed by atoms with Crippen molar-refractivity contribution in [2.75, 3.05) is 19.0 Å². The average Bonchev–Trinajstić information content (AvgIpc) is 3.43. The van der Waals surface area contributed by atoms with Crippen LogP contribution in [0.5, 0.6) is 5.75 Å². The Morgan fingerprint density at radius 1 is 1.34 bits per heavy atom. The van der Waals surface area contributed by atoms with E-state index in [2.05, 4.69) is 20.5 Å². The summed E-state index contributed by atoms with van der Waals surface area (Å²) in [6.07, 6.45) is 1.46. The van der Waals surface area contributed by atoms with E-state index in [1.807, 2.05) is 24.3 Å². The van der Waals surface area contributed by atoms with Crippen molar-refractivity contribution in [3.05, 3.63) is 46.6 Å². The van der Waals surface area contributed by atoms with Gasteiger partial charge in [-0.15, -0.1) is 11.3 Å². The van der Waals surface area contributed by atoms with E-state index >= 15 is 0 Å². The number of ether oxygens (including phenoxy) is 2. The standard InChI is InChI=1S/C20H20N4O4S/c1-3-28-19(26)12-8-9-16-17(12)21-20(29-16)22-18(25)14-10-13(23-24-14)11-6-4-5-7-15(11)27-2/h4-7,10,12H,3,8-9H2,1-2H3,(H,23,24)(H,21,22,25). The van der Waals surface area contributed by atoms with Gasteiger partial charge in [0.25, 0.3) is 5.91 Å². The van der Waals surface area contributed by atoms with Crippen molar-refractivity contribution in [1.82, 2.24) is 15.2 Å². The number of H-pyrrole nitrogens is 1. The molecule has 3 aromatic rings. The molecule has 150 valence electrons. The zero-order valence-electron chi connectivity index (χ0n) is 16.0. The molecule has 0 saturated carbocycles. The van der Waals surface area contributed by atoms with Crippen LogP contribution >= 0.6 is 11.3 Å². The maximum Gasteiger partial charge on any atom is 0.315 e. The Morgan fingerprint density at radius 2 is 2.17 bits per heavy atom. The van der Waals surface area contributed by atoms with Crippen LogP contribution in [0.15, 0.2) is 30.3 Å².